The van der Waals surface area contributed by atoms with Crippen LogP contribution in [0, 0.1) is 0 Å². The van der Waals surface area contributed by atoms with E-state index in [1.54, 1.807) is 23.6 Å². The Bertz CT molecular complexity index is 1170. The second-order valence-corrected chi connectivity index (χ2v) is 7.92. The van der Waals surface area contributed by atoms with Gasteiger partial charge in [-0.15, -0.1) is 0 Å². The monoisotopic (exact) mass is 485 g/mol. The minimum Gasteiger partial charge on any atom is -0.487 e. The Hall–Kier alpha value is -3.72. The molecule has 0 radical (unpaired) electrons. The molecule has 7 nitrogen and oxygen atoms in total. The number of carbonyl (C=O) groups excluding carboxylic acids is 2. The fourth-order valence-corrected chi connectivity index (χ4v) is 3.59. The number of benzene rings is 2. The predicted molar refractivity (Wildman–Crippen MR) is 123 cm³/mol. The first-order valence-corrected chi connectivity index (χ1v) is 11.2. The van der Waals surface area contributed by atoms with Gasteiger partial charge in [0.05, 0.1) is 36.3 Å². The Morgan fingerprint density at radius 2 is 1.89 bits per heavy atom. The molecule has 35 heavy (non-hydrogen) atoms. The highest BCUT2D eigenvalue weighted by Crippen LogP contribution is 2.38. The molecule has 1 fully saturated rings. The topological polar surface area (TPSA) is 76.0 Å². The summed E-state index contributed by atoms with van der Waals surface area (Å²) < 4.78 is 48.7. The summed E-state index contributed by atoms with van der Waals surface area (Å²) in [5.74, 6) is -0.575. The molecule has 0 unspecified atom stereocenters. The van der Waals surface area contributed by atoms with Crippen molar-refractivity contribution in [3.63, 3.8) is 0 Å². The number of aldehydes is 1. The molecule has 0 bridgehead atoms. The number of alkyl halides is 2. The lowest BCUT2D eigenvalue weighted by Crippen LogP contribution is -2.12. The number of hydrogen-bond donors (Lipinski definition) is 0. The van der Waals surface area contributed by atoms with Crippen molar-refractivity contribution in [2.75, 3.05) is 6.61 Å². The van der Waals surface area contributed by atoms with E-state index in [0.717, 1.165) is 18.4 Å². The molecule has 4 rings (SSSR count). The summed E-state index contributed by atoms with van der Waals surface area (Å²) >= 11 is 0. The average molecular weight is 485 g/mol. The largest absolute Gasteiger partial charge is 0.487 e. The average Bonchev–Trinajstić information content (AvgIpc) is 3.59. The zero-order valence-electron chi connectivity index (χ0n) is 19.1. The number of hydrogen-bond acceptors (Lipinski definition) is 6. The fourth-order valence-electron chi connectivity index (χ4n) is 3.59. The van der Waals surface area contributed by atoms with Gasteiger partial charge < -0.3 is 23.5 Å². The number of rotatable bonds is 12. The van der Waals surface area contributed by atoms with Gasteiger partial charge in [-0.05, 0) is 49.6 Å². The Morgan fingerprint density at radius 1 is 1.11 bits per heavy atom. The van der Waals surface area contributed by atoms with Crippen LogP contribution in [0.15, 0.2) is 54.6 Å². The van der Waals surface area contributed by atoms with Crippen LogP contribution in [0.2, 0.25) is 0 Å². The molecule has 9 heteroatoms. The summed E-state index contributed by atoms with van der Waals surface area (Å²) in [6.07, 6.45) is 2.15. The minimum absolute atomic E-state index is 0.0359. The van der Waals surface area contributed by atoms with E-state index in [-0.39, 0.29) is 48.8 Å². The summed E-state index contributed by atoms with van der Waals surface area (Å²) in [6, 6.07) is 15.5. The van der Waals surface area contributed by atoms with E-state index < -0.39 is 12.6 Å². The molecule has 0 aliphatic heterocycles. The van der Waals surface area contributed by atoms with Crippen LogP contribution in [-0.2, 0) is 22.8 Å². The van der Waals surface area contributed by atoms with Crippen molar-refractivity contribution in [1.82, 2.24) is 4.57 Å². The van der Waals surface area contributed by atoms with E-state index in [4.69, 9.17) is 14.2 Å². The van der Waals surface area contributed by atoms with E-state index in [0.29, 0.717) is 17.5 Å². The van der Waals surface area contributed by atoms with Crippen molar-refractivity contribution >= 4 is 12.3 Å². The molecular formula is C26H25F2NO6. The number of ether oxygens (including phenoxy) is 4. The third-order valence-corrected chi connectivity index (χ3v) is 5.35. The normalized spacial score (nSPS) is 13.0. The van der Waals surface area contributed by atoms with Crippen LogP contribution in [0.25, 0.3) is 11.3 Å². The van der Waals surface area contributed by atoms with Crippen LogP contribution in [-0.4, -0.2) is 36.1 Å². The minimum atomic E-state index is -3.00. The van der Waals surface area contributed by atoms with Crippen molar-refractivity contribution in [3.8, 4) is 22.8 Å². The molecule has 1 aliphatic carbocycles. The summed E-state index contributed by atoms with van der Waals surface area (Å²) in [7, 11) is 0. The lowest BCUT2D eigenvalue weighted by molar-refractivity contribution is -0.0516. The Balaban J connectivity index is 1.71. The van der Waals surface area contributed by atoms with E-state index in [1.165, 1.54) is 12.1 Å². The van der Waals surface area contributed by atoms with E-state index in [1.807, 2.05) is 30.3 Å². The maximum absolute atomic E-state index is 12.9. The van der Waals surface area contributed by atoms with Crippen molar-refractivity contribution in [1.29, 1.82) is 0 Å². The first-order valence-electron chi connectivity index (χ1n) is 11.2. The molecule has 2 aromatic carbocycles. The molecule has 0 saturated heterocycles. The predicted octanol–water partition coefficient (Wildman–Crippen LogP) is 5.46. The molecule has 1 saturated carbocycles. The Morgan fingerprint density at radius 3 is 2.54 bits per heavy atom. The van der Waals surface area contributed by atoms with Gasteiger partial charge in [-0.3, -0.25) is 4.79 Å². The highest BCUT2D eigenvalue weighted by Gasteiger charge is 2.27. The number of aromatic nitrogens is 1. The van der Waals surface area contributed by atoms with Crippen molar-refractivity contribution in [2.24, 2.45) is 0 Å². The van der Waals surface area contributed by atoms with Crippen molar-refractivity contribution in [3.05, 3.63) is 71.4 Å². The van der Waals surface area contributed by atoms with Crippen molar-refractivity contribution in [2.45, 2.75) is 45.8 Å². The first kappa shape index (κ1) is 24.4. The Labute approximate surface area is 201 Å². The molecule has 1 heterocycles. The number of nitrogens with zero attached hydrogens (tertiary/aromatic N) is 1. The van der Waals surface area contributed by atoms with Crippen LogP contribution >= 0.6 is 0 Å². The zero-order valence-corrected chi connectivity index (χ0v) is 19.1. The highest BCUT2D eigenvalue weighted by molar-refractivity contribution is 5.99. The van der Waals surface area contributed by atoms with E-state index in [9.17, 15) is 18.4 Å². The van der Waals surface area contributed by atoms with Gasteiger partial charge >= 0.3 is 12.6 Å². The number of carbonyl (C=O) groups is 2. The molecule has 184 valence electrons. The van der Waals surface area contributed by atoms with Crippen LogP contribution < -0.4 is 9.47 Å². The van der Waals surface area contributed by atoms with Crippen LogP contribution in [0.5, 0.6) is 11.5 Å². The second kappa shape index (κ2) is 11.1. The third-order valence-electron chi connectivity index (χ3n) is 5.35. The van der Waals surface area contributed by atoms with Crippen LogP contribution in [0.3, 0.4) is 0 Å². The van der Waals surface area contributed by atoms with Gasteiger partial charge in [-0.25, -0.2) is 4.79 Å². The Kier molecular flexibility index (Phi) is 7.77. The van der Waals surface area contributed by atoms with Gasteiger partial charge in [0, 0.05) is 5.56 Å². The molecule has 0 amide bonds. The van der Waals surface area contributed by atoms with E-state index >= 15 is 0 Å². The summed E-state index contributed by atoms with van der Waals surface area (Å²) in [5.41, 5.74) is 2.10. The van der Waals surface area contributed by atoms with Gasteiger partial charge in [0.2, 0.25) is 0 Å². The van der Waals surface area contributed by atoms with Crippen LogP contribution in [0.4, 0.5) is 8.78 Å². The molecule has 0 N–H and O–H groups in total. The number of esters is 1. The molecule has 1 aliphatic rings. The fraction of sp³-hybridized carbons (Fsp3) is 0.308. The SMILES string of the molecule is CCOC(=O)c1cc(-c2ccc(OC(F)F)c(OC3CC3)c2)n(COCc2ccccc2)c1C=O. The summed E-state index contributed by atoms with van der Waals surface area (Å²) in [4.78, 5) is 24.6. The van der Waals surface area contributed by atoms with Gasteiger partial charge in [0.25, 0.3) is 0 Å². The molecular weight excluding hydrogens is 460 g/mol. The van der Waals surface area contributed by atoms with E-state index in [2.05, 4.69) is 4.74 Å². The summed E-state index contributed by atoms with van der Waals surface area (Å²) in [5, 5.41) is 0. The van der Waals surface area contributed by atoms with Gasteiger partial charge in [0.15, 0.2) is 17.8 Å². The summed E-state index contributed by atoms with van der Waals surface area (Å²) in [6.45, 7) is -0.951. The number of halogens is 2. The van der Waals surface area contributed by atoms with Gasteiger partial charge in [-0.1, -0.05) is 30.3 Å². The lowest BCUT2D eigenvalue weighted by Gasteiger charge is -2.15. The standard InChI is InChI=1S/C26H25F2NO6/c1-2-33-25(31)20-13-21(29(22(20)14-30)16-32-15-17-6-4-3-5-7-17)18-8-11-23(35-26(27)28)24(12-18)34-19-9-10-19/h3-8,11-14,19,26H,2,9-10,15-16H2,1H3. The maximum atomic E-state index is 12.9. The smallest absolute Gasteiger partial charge is 0.387 e. The second-order valence-electron chi connectivity index (χ2n) is 7.92. The van der Waals surface area contributed by atoms with Crippen LogP contribution in [0.1, 0.15) is 46.2 Å². The first-order chi connectivity index (χ1) is 17.0. The van der Waals surface area contributed by atoms with Gasteiger partial charge in [0.1, 0.15) is 6.73 Å². The lowest BCUT2D eigenvalue weighted by atomic mass is 10.1. The van der Waals surface area contributed by atoms with Crippen molar-refractivity contribution < 1.29 is 37.3 Å². The molecule has 1 aromatic heterocycles. The maximum Gasteiger partial charge on any atom is 0.387 e. The molecule has 0 atom stereocenters. The molecule has 3 aromatic rings. The highest BCUT2D eigenvalue weighted by atomic mass is 19.3. The third kappa shape index (κ3) is 6.05. The van der Waals surface area contributed by atoms with Gasteiger partial charge in [-0.2, -0.15) is 8.78 Å². The quantitative estimate of drug-likeness (QED) is 0.250. The molecule has 0 spiro atoms. The zero-order chi connectivity index (χ0) is 24.8.